The molecule has 1 aliphatic rings. The van der Waals surface area contributed by atoms with Crippen LogP contribution in [-0.2, 0) is 11.3 Å². The third-order valence-electron chi connectivity index (χ3n) is 4.45. The quantitative estimate of drug-likeness (QED) is 0.767. The van der Waals surface area contributed by atoms with E-state index in [-0.39, 0.29) is 12.0 Å². The van der Waals surface area contributed by atoms with Crippen LogP contribution in [0.25, 0.3) is 0 Å². The van der Waals surface area contributed by atoms with Crippen molar-refractivity contribution in [3.63, 3.8) is 0 Å². The van der Waals surface area contributed by atoms with Crippen molar-refractivity contribution >= 4 is 18.1 Å². The molecule has 160 valence electrons. The van der Waals surface area contributed by atoms with Gasteiger partial charge in [0, 0.05) is 19.6 Å². The van der Waals surface area contributed by atoms with E-state index in [9.17, 15) is 9.59 Å². The Morgan fingerprint density at radius 3 is 2.45 bits per heavy atom. The molecule has 0 radical (unpaired) electrons. The van der Waals surface area contributed by atoms with E-state index in [1.807, 2.05) is 30.3 Å². The number of hydrogen-bond acceptors (Lipinski definition) is 4. The standard InChI is InChI=1S/C22H34N4O3/c1-22(2,3)29-21(28)25-19-23-15-11-6-4-5-7-12-16-26(20(27)24-19)17-18-13-9-8-10-14-18/h8-10,13-14H,4-7,11-12,15-17H2,1-3H3,(H2,23,24,25,27,28). The van der Waals surface area contributed by atoms with Crippen LogP contribution in [0.1, 0.15) is 64.9 Å². The van der Waals surface area contributed by atoms with Gasteiger partial charge in [0.25, 0.3) is 0 Å². The molecule has 1 aliphatic heterocycles. The molecule has 0 spiro atoms. The summed E-state index contributed by atoms with van der Waals surface area (Å²) in [6.45, 7) is 7.08. The van der Waals surface area contributed by atoms with Gasteiger partial charge in [0.1, 0.15) is 5.60 Å². The first-order valence-electron chi connectivity index (χ1n) is 10.5. The molecule has 1 heterocycles. The molecule has 7 heteroatoms. The molecule has 0 unspecified atom stereocenters. The van der Waals surface area contributed by atoms with Gasteiger partial charge in [0.05, 0.1) is 0 Å². The summed E-state index contributed by atoms with van der Waals surface area (Å²) in [5.41, 5.74) is 0.433. The molecule has 0 bridgehead atoms. The lowest BCUT2D eigenvalue weighted by molar-refractivity contribution is 0.0561. The Morgan fingerprint density at radius 1 is 1.10 bits per heavy atom. The van der Waals surface area contributed by atoms with Crippen LogP contribution in [0, 0.1) is 0 Å². The van der Waals surface area contributed by atoms with Crippen molar-refractivity contribution in [2.75, 3.05) is 13.1 Å². The number of amides is 3. The number of carbonyl (C=O) groups is 2. The van der Waals surface area contributed by atoms with Crippen LogP contribution in [-0.4, -0.2) is 41.7 Å². The minimum absolute atomic E-state index is 0.140. The average molecular weight is 403 g/mol. The van der Waals surface area contributed by atoms with Gasteiger partial charge >= 0.3 is 12.1 Å². The van der Waals surface area contributed by atoms with Gasteiger partial charge in [-0.25, -0.2) is 9.59 Å². The van der Waals surface area contributed by atoms with Crippen molar-refractivity contribution in [2.45, 2.75) is 71.4 Å². The molecule has 29 heavy (non-hydrogen) atoms. The maximum Gasteiger partial charge on any atom is 0.414 e. The third kappa shape index (κ3) is 9.45. The second-order valence-electron chi connectivity index (χ2n) is 8.32. The SMILES string of the molecule is CC(C)(C)OC(=O)NC1=NCCCCCCCCN(Cc2ccccc2)C(=O)N1. The number of urea groups is 1. The molecule has 0 fully saturated rings. The highest BCUT2D eigenvalue weighted by atomic mass is 16.6. The third-order valence-corrected chi connectivity index (χ3v) is 4.45. The molecular formula is C22H34N4O3. The zero-order chi connectivity index (χ0) is 21.1. The maximum atomic E-state index is 12.9. The number of alkyl carbamates (subject to hydrolysis) is 1. The van der Waals surface area contributed by atoms with Crippen molar-refractivity contribution < 1.29 is 14.3 Å². The predicted molar refractivity (Wildman–Crippen MR) is 115 cm³/mol. The normalized spacial score (nSPS) is 17.1. The Labute approximate surface area is 173 Å². The van der Waals surface area contributed by atoms with Crippen molar-refractivity contribution in [2.24, 2.45) is 4.99 Å². The first-order valence-corrected chi connectivity index (χ1v) is 10.5. The van der Waals surface area contributed by atoms with Crippen LogP contribution >= 0.6 is 0 Å². The summed E-state index contributed by atoms with van der Waals surface area (Å²) in [6.07, 6.45) is 5.75. The highest BCUT2D eigenvalue weighted by Crippen LogP contribution is 2.11. The molecule has 2 N–H and O–H groups in total. The highest BCUT2D eigenvalue weighted by molar-refractivity contribution is 6.02. The van der Waals surface area contributed by atoms with Gasteiger partial charge in [0.15, 0.2) is 0 Å². The number of rotatable bonds is 2. The van der Waals surface area contributed by atoms with E-state index in [0.717, 1.165) is 44.1 Å². The fourth-order valence-electron chi connectivity index (χ4n) is 3.06. The topological polar surface area (TPSA) is 83.0 Å². The molecular weight excluding hydrogens is 368 g/mol. The second-order valence-corrected chi connectivity index (χ2v) is 8.32. The smallest absolute Gasteiger partial charge is 0.414 e. The highest BCUT2D eigenvalue weighted by Gasteiger charge is 2.20. The van der Waals surface area contributed by atoms with Crippen LogP contribution in [0.4, 0.5) is 9.59 Å². The summed E-state index contributed by atoms with van der Waals surface area (Å²) in [6, 6.07) is 9.61. The summed E-state index contributed by atoms with van der Waals surface area (Å²) in [7, 11) is 0. The molecule has 0 aliphatic carbocycles. The van der Waals surface area contributed by atoms with Crippen LogP contribution in [0.5, 0.6) is 0 Å². The van der Waals surface area contributed by atoms with E-state index >= 15 is 0 Å². The van der Waals surface area contributed by atoms with Crippen LogP contribution in [0.15, 0.2) is 35.3 Å². The second kappa shape index (κ2) is 11.4. The van der Waals surface area contributed by atoms with Gasteiger partial charge in [-0.15, -0.1) is 0 Å². The van der Waals surface area contributed by atoms with Crippen LogP contribution in [0.3, 0.4) is 0 Å². The number of ether oxygens (including phenoxy) is 1. The molecule has 0 saturated carbocycles. The van der Waals surface area contributed by atoms with Gasteiger partial charge in [0.2, 0.25) is 5.96 Å². The molecule has 0 atom stereocenters. The Kier molecular flexibility index (Phi) is 8.96. The van der Waals surface area contributed by atoms with E-state index in [1.165, 1.54) is 0 Å². The minimum atomic E-state index is -0.629. The molecule has 1 aromatic carbocycles. The van der Waals surface area contributed by atoms with Gasteiger partial charge < -0.3 is 9.64 Å². The van der Waals surface area contributed by atoms with E-state index < -0.39 is 11.7 Å². The number of benzene rings is 1. The maximum absolute atomic E-state index is 12.9. The molecule has 2 rings (SSSR count). The summed E-state index contributed by atoms with van der Waals surface area (Å²) < 4.78 is 5.30. The molecule has 0 aromatic heterocycles. The van der Waals surface area contributed by atoms with E-state index in [2.05, 4.69) is 15.6 Å². The van der Waals surface area contributed by atoms with Gasteiger partial charge in [-0.3, -0.25) is 15.6 Å². The Balaban J connectivity index is 2.10. The lowest BCUT2D eigenvalue weighted by Crippen LogP contribution is -2.50. The number of guanidine groups is 1. The van der Waals surface area contributed by atoms with Crippen molar-refractivity contribution in [1.82, 2.24) is 15.5 Å². The zero-order valence-electron chi connectivity index (χ0n) is 17.9. The number of aliphatic imine (C=N–C) groups is 1. The Hall–Kier alpha value is -2.57. The number of nitrogens with one attached hydrogen (secondary N) is 2. The van der Waals surface area contributed by atoms with E-state index in [1.54, 1.807) is 25.7 Å². The summed E-state index contributed by atoms with van der Waals surface area (Å²) in [4.78, 5) is 31.3. The van der Waals surface area contributed by atoms with Gasteiger partial charge in [-0.05, 0) is 39.2 Å². The van der Waals surface area contributed by atoms with E-state index in [4.69, 9.17) is 4.74 Å². The van der Waals surface area contributed by atoms with Crippen molar-refractivity contribution in [3.8, 4) is 0 Å². The van der Waals surface area contributed by atoms with E-state index in [0.29, 0.717) is 19.6 Å². The van der Waals surface area contributed by atoms with Crippen LogP contribution < -0.4 is 10.6 Å². The van der Waals surface area contributed by atoms with Gasteiger partial charge in [-0.1, -0.05) is 56.0 Å². The first kappa shape index (κ1) is 22.7. The summed E-state index contributed by atoms with van der Waals surface area (Å²) in [5, 5.41) is 5.36. The fourth-order valence-corrected chi connectivity index (χ4v) is 3.06. The summed E-state index contributed by atoms with van der Waals surface area (Å²) >= 11 is 0. The average Bonchev–Trinajstić information content (AvgIpc) is 2.65. The lowest BCUT2D eigenvalue weighted by Gasteiger charge is -2.24. The first-order chi connectivity index (χ1) is 13.8. The van der Waals surface area contributed by atoms with Crippen molar-refractivity contribution in [1.29, 1.82) is 0 Å². The molecule has 7 nitrogen and oxygen atoms in total. The monoisotopic (exact) mass is 402 g/mol. The van der Waals surface area contributed by atoms with Crippen LogP contribution in [0.2, 0.25) is 0 Å². The molecule has 0 saturated heterocycles. The largest absolute Gasteiger partial charge is 0.444 e. The minimum Gasteiger partial charge on any atom is -0.444 e. The number of carbonyl (C=O) groups excluding carboxylic acids is 2. The Morgan fingerprint density at radius 2 is 1.76 bits per heavy atom. The Bertz CT molecular complexity index is 683. The summed E-state index contributed by atoms with van der Waals surface area (Å²) in [5.74, 6) is 0.140. The predicted octanol–water partition coefficient (Wildman–Crippen LogP) is 4.43. The number of nitrogens with zero attached hydrogens (tertiary/aromatic N) is 2. The number of hydrogen-bond donors (Lipinski definition) is 2. The zero-order valence-corrected chi connectivity index (χ0v) is 17.9. The molecule has 3 amide bonds. The lowest BCUT2D eigenvalue weighted by atomic mass is 10.1. The molecule has 1 aromatic rings. The fraction of sp³-hybridized carbons (Fsp3) is 0.591. The van der Waals surface area contributed by atoms with Crippen molar-refractivity contribution in [3.05, 3.63) is 35.9 Å². The van der Waals surface area contributed by atoms with Gasteiger partial charge in [-0.2, -0.15) is 0 Å².